The average Bonchev–Trinajstić information content (AvgIpc) is 1.60. The molecule has 47 nitrogen and oxygen atoms in total. The van der Waals surface area contributed by atoms with Crippen LogP contribution in [0.2, 0.25) is 0 Å². The van der Waals surface area contributed by atoms with Gasteiger partial charge in [-0.1, -0.05) is 20.8 Å². The van der Waals surface area contributed by atoms with Gasteiger partial charge in [-0.15, -0.1) is 62.7 Å². The third-order valence-corrected chi connectivity index (χ3v) is 31.2. The fourth-order valence-corrected chi connectivity index (χ4v) is 20.6. The van der Waals surface area contributed by atoms with E-state index in [4.69, 9.17) is 19.3 Å². The zero-order valence-electron chi connectivity index (χ0n) is 78.6. The second-order valence-corrected chi connectivity index (χ2v) is 44.2. The maximum Gasteiger partial charge on any atom is 0.228 e. The monoisotopic (exact) mass is 2130 g/mol. The number of hydrogen-bond acceptors (Lipinski definition) is 38. The van der Waals surface area contributed by atoms with Crippen LogP contribution in [0.25, 0.3) is 56.5 Å². The van der Waals surface area contributed by atoms with E-state index in [2.05, 4.69) is 141 Å². The first-order valence-corrected chi connectivity index (χ1v) is 54.7. The number of amides is 5. The normalized spacial score (nSPS) is 14.2. The molecule has 5 amide bonds. The molecule has 5 fully saturated rings. The molecule has 20 aromatic heterocycles. The third-order valence-electron chi connectivity index (χ3n) is 22.9. The van der Waals surface area contributed by atoms with Crippen LogP contribution in [0.15, 0.2) is 249 Å². The van der Waals surface area contributed by atoms with Crippen molar-refractivity contribution in [2.75, 3.05) is 77.4 Å². The van der Waals surface area contributed by atoms with Crippen LogP contribution in [0.3, 0.4) is 0 Å². The predicted molar refractivity (Wildman–Crippen MR) is 543 cm³/mol. The number of carbonyl (C=O) groups is 5. The Bertz CT molecular complexity index is 8340. The number of hydrogen-bond donors (Lipinski definition) is 6. The number of nitrogens with one attached hydrogen (secondary N) is 5. The van der Waals surface area contributed by atoms with Gasteiger partial charge in [0.25, 0.3) is 0 Å². The van der Waals surface area contributed by atoms with Crippen LogP contribution in [0.5, 0.6) is 11.5 Å². The van der Waals surface area contributed by atoms with Gasteiger partial charge >= 0.3 is 0 Å². The zero-order valence-corrected chi connectivity index (χ0v) is 85.1. The van der Waals surface area contributed by atoms with Gasteiger partial charge in [0.05, 0.1) is 82.9 Å². The minimum absolute atomic E-state index is 0.0122. The zero-order chi connectivity index (χ0) is 101. The Labute approximate surface area is 860 Å². The number of fused-ring (bicyclic) bond motifs is 10. The van der Waals surface area contributed by atoms with Crippen molar-refractivity contribution in [3.63, 3.8) is 0 Å². The van der Waals surface area contributed by atoms with Crippen LogP contribution >= 0.6 is 70.6 Å². The lowest BCUT2D eigenvalue weighted by Gasteiger charge is -2.06. The van der Waals surface area contributed by atoms with Gasteiger partial charge in [-0.05, 0) is 250 Å². The van der Waals surface area contributed by atoms with E-state index in [1.807, 2.05) is 128 Å². The summed E-state index contributed by atoms with van der Waals surface area (Å²) in [6, 6.07) is 36.6. The summed E-state index contributed by atoms with van der Waals surface area (Å²) in [5.74, 6) is 6.11. The highest BCUT2D eigenvalue weighted by atomic mass is 32.2. The molecule has 752 valence electrons. The highest BCUT2D eigenvalue weighted by molar-refractivity contribution is 8.00. The van der Waals surface area contributed by atoms with Gasteiger partial charge in [-0.2, -0.15) is 25.5 Å². The summed E-state index contributed by atoms with van der Waals surface area (Å²) in [7, 11) is -2.76. The van der Waals surface area contributed by atoms with E-state index in [0.29, 0.717) is 159 Å². The number of pyridine rings is 5. The van der Waals surface area contributed by atoms with Crippen LogP contribution < -0.4 is 36.1 Å². The Kier molecular flexibility index (Phi) is 29.1. The second-order valence-electron chi connectivity index (χ2n) is 33.9. The molecule has 5 aliphatic carbocycles. The van der Waals surface area contributed by atoms with Crippen molar-refractivity contribution < 1.29 is 55.9 Å². The van der Waals surface area contributed by atoms with Crippen LogP contribution in [-0.2, 0) is 49.3 Å². The largest absolute Gasteiger partial charge is 0.492 e. The molecule has 1 atom stereocenters. The molecule has 147 heavy (non-hydrogen) atoms. The summed E-state index contributed by atoms with van der Waals surface area (Å²) in [5.41, 5.74) is 6.67. The van der Waals surface area contributed by atoms with Gasteiger partial charge in [-0.25, -0.2) is 55.9 Å². The molecule has 0 bridgehead atoms. The minimum atomic E-state index is -3.34. The number of sulfone groups is 1. The fourth-order valence-electron chi connectivity index (χ4n) is 14.4. The molecule has 5 saturated carbocycles. The minimum Gasteiger partial charge on any atom is -0.492 e. The molecule has 20 heterocycles. The summed E-state index contributed by atoms with van der Waals surface area (Å²) in [4.78, 5) is 83.7. The number of aliphatic hydroxyl groups is 1. The molecule has 6 N–H and O–H groups in total. The number of methoxy groups -OCH3 is 1. The molecular weight excluding hydrogens is 2040 g/mol. The number of rotatable bonds is 34. The summed E-state index contributed by atoms with van der Waals surface area (Å²) in [6.07, 6.45) is 27.5. The molecule has 0 aromatic carbocycles. The van der Waals surface area contributed by atoms with Crippen LogP contribution in [-0.4, -0.2) is 244 Å². The first-order chi connectivity index (χ1) is 71.6. The van der Waals surface area contributed by atoms with Gasteiger partial charge in [0.15, 0.2) is 95.4 Å². The molecule has 20 aromatic rings. The number of carbonyl (C=O) groups excluding carboxylic acids is 5. The Morgan fingerprint density at radius 3 is 0.973 bits per heavy atom. The van der Waals surface area contributed by atoms with E-state index in [0.717, 1.165) is 95.7 Å². The Morgan fingerprint density at radius 2 is 0.660 bits per heavy atom. The second kappa shape index (κ2) is 43.5. The van der Waals surface area contributed by atoms with Crippen molar-refractivity contribution in [1.82, 2.24) is 146 Å². The van der Waals surface area contributed by atoms with E-state index in [1.54, 1.807) is 114 Å². The number of ether oxygens (including phenoxy) is 3. The first-order valence-electron chi connectivity index (χ1n) is 46.7. The number of anilines is 5. The molecule has 0 radical (unpaired) electrons. The van der Waals surface area contributed by atoms with Crippen LogP contribution in [0.4, 0.5) is 29.1 Å². The lowest BCUT2D eigenvalue weighted by Crippen LogP contribution is -2.13. The Hall–Kier alpha value is -14.7. The smallest absolute Gasteiger partial charge is 0.228 e. The molecule has 0 saturated heterocycles. The Morgan fingerprint density at radius 1 is 0.361 bits per heavy atom. The number of thioether (sulfide) groups is 1. The van der Waals surface area contributed by atoms with E-state index in [9.17, 15) is 36.6 Å². The molecule has 0 aliphatic heterocycles. The number of nitrogens with zero attached hydrogens (tertiary/aromatic N) is 30. The van der Waals surface area contributed by atoms with E-state index >= 15 is 0 Å². The maximum atomic E-state index is 12.2. The van der Waals surface area contributed by atoms with Crippen molar-refractivity contribution >= 4 is 206 Å². The van der Waals surface area contributed by atoms with Gasteiger partial charge in [0.1, 0.15) is 43.2 Å². The van der Waals surface area contributed by atoms with E-state index < -0.39 is 20.6 Å². The van der Waals surface area contributed by atoms with Crippen molar-refractivity contribution in [3.8, 4) is 11.5 Å². The summed E-state index contributed by atoms with van der Waals surface area (Å²) < 4.78 is 70.1. The molecule has 5 aliphatic rings. The van der Waals surface area contributed by atoms with Gasteiger partial charge in [0, 0.05) is 79.0 Å². The van der Waals surface area contributed by atoms with E-state index in [1.165, 1.54) is 76.0 Å². The summed E-state index contributed by atoms with van der Waals surface area (Å²) in [5, 5.41) is 94.5. The highest BCUT2D eigenvalue weighted by Gasteiger charge is 2.35. The molecule has 25 rings (SSSR count). The first kappa shape index (κ1) is 98.3. The topological polar surface area (TPSA) is 547 Å². The quantitative estimate of drug-likeness (QED) is 0.0161. The standard InChI is InChI=1S/2C19H19N7O3S.C18H17N7O3S2.C18H17N7O2S2.C18H17N7OS2/c1-28-8-9-29-13-4-5-16-22-23-19(25(16)10-13)30-17-7-6-15-20-14(11-26(15)24-17)21-18(27)12-2-3-12;27-8-1-9-29-13-4-5-16-22-23-19(25(16)10-13)30-17-7-6-15-20-14(11-26(15)24-17)21-18(28)12-2-3-12;1-2-30(27,28)12-5-6-15-21-22-18(24(15)9-12)29-16-8-7-14-19-13(10-25(14)23-16)20-17(26)11-3-4-11;1-2-29(27)12-5-6-15-21-22-18(24(15)9-12)28-16-8-7-14-19-13(10-25(14)23-16)20-17(26)11-3-4-11;1-2-27-12-5-6-15-21-22-18(24(15)9-12)28-16-8-7-14-19-13(10-25(14)23-16)20-17(26)11-3-4-11/h4-7,10-12H,2-3,8-9H2,1H3,(H,21,27);4-7,10-12,27H,1-3,8-9H2,(H,21,28);5-11H,2-4H2,1H3,(H,20,26);5-11H,2-4H2,1H3,(H,20,26);5-11H,2-4H2,1H3,(H,20,26). The maximum absolute atomic E-state index is 12.2. The molecular formula is C92H89N35O12S8. The van der Waals surface area contributed by atoms with E-state index in [-0.39, 0.29) is 76.4 Å². The summed E-state index contributed by atoms with van der Waals surface area (Å²) in [6.45, 7) is 7.11. The number of aromatic nitrogens is 30. The van der Waals surface area contributed by atoms with Gasteiger partial charge in [-0.3, -0.25) is 50.2 Å². The lowest BCUT2D eigenvalue weighted by atomic mass is 10.4. The number of aliphatic hydroxyl groups excluding tert-OH is 1. The highest BCUT2D eigenvalue weighted by Crippen LogP contribution is 2.38. The summed E-state index contributed by atoms with van der Waals surface area (Å²) >= 11 is 8.55. The van der Waals surface area contributed by atoms with Gasteiger partial charge in [0.2, 0.25) is 55.3 Å². The van der Waals surface area contributed by atoms with Crippen molar-refractivity contribution in [2.45, 2.75) is 157 Å². The Balaban J connectivity index is 0.000000108. The lowest BCUT2D eigenvalue weighted by molar-refractivity contribution is -0.118. The fraction of sp³-hybridized carbons (Fsp3) is 0.293. The van der Waals surface area contributed by atoms with Crippen molar-refractivity contribution in [1.29, 1.82) is 0 Å². The molecule has 0 spiro atoms. The number of imidazole rings is 5. The van der Waals surface area contributed by atoms with Gasteiger partial charge < -0.3 is 45.9 Å². The molecule has 1 unspecified atom stereocenters. The molecule has 55 heteroatoms. The van der Waals surface area contributed by atoms with Crippen LogP contribution in [0.1, 0.15) is 91.4 Å². The SMILES string of the molecule is CCS(=O)(=O)c1ccc2nnc(Sc3ccc4nc(NC(=O)C5CC5)cn4n3)n2c1.CCS(=O)c1ccc2nnc(Sc3ccc4nc(NC(=O)C5CC5)cn4n3)n2c1.CCSc1ccc2nnc(Sc3ccc4nc(NC(=O)C5CC5)cn4n3)n2c1.COCCOc1ccc2nnc(Sc3ccc4nc(NC(=O)C5CC5)cn4n3)n2c1.O=C(Nc1cn2nc(Sc3nnc4ccc(OCCCO)cn34)ccc2n1)C1CC1. The predicted octanol–water partition coefficient (Wildman–Crippen LogP) is 12.2. The average molecular weight is 2130 g/mol. The van der Waals surface area contributed by atoms with Crippen molar-refractivity contribution in [2.24, 2.45) is 29.6 Å². The third kappa shape index (κ3) is 23.9. The van der Waals surface area contributed by atoms with Crippen LogP contribution in [0, 0.1) is 29.6 Å². The van der Waals surface area contributed by atoms with Crippen molar-refractivity contribution in [3.05, 3.63) is 183 Å².